The van der Waals surface area contributed by atoms with E-state index in [9.17, 15) is 0 Å². The van der Waals surface area contributed by atoms with Crippen molar-refractivity contribution in [1.29, 1.82) is 0 Å². The molecule has 20 heavy (non-hydrogen) atoms. The van der Waals surface area contributed by atoms with Gasteiger partial charge in [0.15, 0.2) is 0 Å². The van der Waals surface area contributed by atoms with E-state index < -0.39 is 0 Å². The third-order valence-corrected chi connectivity index (χ3v) is 3.63. The fraction of sp³-hybridized carbons (Fsp3) is 0.667. The van der Waals surface area contributed by atoms with Gasteiger partial charge in [-0.3, -0.25) is 0 Å². The lowest BCUT2D eigenvalue weighted by molar-refractivity contribution is 0.256. The van der Waals surface area contributed by atoms with Gasteiger partial charge in [-0.1, -0.05) is 52.8 Å². The number of ether oxygens (including phenoxy) is 1. The predicted molar refractivity (Wildman–Crippen MR) is 87.5 cm³/mol. The van der Waals surface area contributed by atoms with Gasteiger partial charge in [-0.25, -0.2) is 0 Å². The third-order valence-electron chi connectivity index (χ3n) is 3.63. The lowest BCUT2D eigenvalue weighted by atomic mass is 9.83. The molecule has 0 spiro atoms. The fourth-order valence-electron chi connectivity index (χ4n) is 2.45. The van der Waals surface area contributed by atoms with Crippen LogP contribution in [-0.2, 0) is 6.42 Å². The van der Waals surface area contributed by atoms with Crippen molar-refractivity contribution in [2.75, 3.05) is 13.2 Å². The average Bonchev–Trinajstić information content (AvgIpc) is 2.40. The van der Waals surface area contributed by atoms with E-state index in [1.54, 1.807) is 0 Å². The van der Waals surface area contributed by atoms with E-state index in [0.29, 0.717) is 6.04 Å². The second-order valence-corrected chi connectivity index (χ2v) is 6.47. The lowest BCUT2D eigenvalue weighted by Crippen LogP contribution is -2.40. The molecule has 2 nitrogen and oxygen atoms in total. The SMILES string of the molecule is CCCOc1ccccc1CCC(NCC)C(C)(C)C. The van der Waals surface area contributed by atoms with Crippen molar-refractivity contribution < 1.29 is 4.74 Å². The number of benzene rings is 1. The van der Waals surface area contributed by atoms with Crippen LogP contribution in [0.3, 0.4) is 0 Å². The molecule has 0 bridgehead atoms. The maximum Gasteiger partial charge on any atom is 0.122 e. The highest BCUT2D eigenvalue weighted by atomic mass is 16.5. The zero-order valence-corrected chi connectivity index (χ0v) is 13.8. The Hall–Kier alpha value is -1.02. The van der Waals surface area contributed by atoms with Crippen LogP contribution in [0, 0.1) is 5.41 Å². The highest BCUT2D eigenvalue weighted by Crippen LogP contribution is 2.26. The number of para-hydroxylation sites is 1. The molecule has 2 heteroatoms. The van der Waals surface area contributed by atoms with E-state index in [2.05, 4.69) is 64.2 Å². The summed E-state index contributed by atoms with van der Waals surface area (Å²) in [6, 6.07) is 8.97. The van der Waals surface area contributed by atoms with Gasteiger partial charge in [0.1, 0.15) is 5.75 Å². The zero-order chi connectivity index (χ0) is 15.0. The maximum absolute atomic E-state index is 5.84. The first kappa shape index (κ1) is 17.0. The molecule has 0 aliphatic carbocycles. The molecule has 1 aromatic rings. The van der Waals surface area contributed by atoms with Gasteiger partial charge in [-0.15, -0.1) is 0 Å². The topological polar surface area (TPSA) is 21.3 Å². The van der Waals surface area contributed by atoms with Crippen molar-refractivity contribution in [3.05, 3.63) is 29.8 Å². The van der Waals surface area contributed by atoms with Crippen molar-refractivity contribution in [2.45, 2.75) is 59.9 Å². The first-order valence-electron chi connectivity index (χ1n) is 7.93. The molecule has 0 saturated heterocycles. The number of hydrogen-bond donors (Lipinski definition) is 1. The smallest absolute Gasteiger partial charge is 0.122 e. The van der Waals surface area contributed by atoms with Gasteiger partial charge in [0.05, 0.1) is 6.61 Å². The largest absolute Gasteiger partial charge is 0.493 e. The number of nitrogens with one attached hydrogen (secondary N) is 1. The van der Waals surface area contributed by atoms with Crippen molar-refractivity contribution in [1.82, 2.24) is 5.32 Å². The van der Waals surface area contributed by atoms with Crippen LogP contribution < -0.4 is 10.1 Å². The van der Waals surface area contributed by atoms with E-state index in [0.717, 1.165) is 38.2 Å². The van der Waals surface area contributed by atoms with E-state index in [-0.39, 0.29) is 5.41 Å². The van der Waals surface area contributed by atoms with Crippen LogP contribution in [0.4, 0.5) is 0 Å². The van der Waals surface area contributed by atoms with Gasteiger partial charge in [-0.05, 0) is 42.9 Å². The number of hydrogen-bond acceptors (Lipinski definition) is 2. The Morgan fingerprint density at radius 1 is 1.15 bits per heavy atom. The minimum atomic E-state index is 0.287. The Labute approximate surface area is 124 Å². The van der Waals surface area contributed by atoms with E-state index in [4.69, 9.17) is 4.74 Å². The summed E-state index contributed by atoms with van der Waals surface area (Å²) in [6.07, 6.45) is 3.26. The molecule has 0 aliphatic heterocycles. The first-order valence-corrected chi connectivity index (χ1v) is 7.93. The Kier molecular flexibility index (Phi) is 7.08. The summed E-state index contributed by atoms with van der Waals surface area (Å²) < 4.78 is 5.84. The molecule has 1 unspecified atom stereocenters. The molecule has 0 heterocycles. The maximum atomic E-state index is 5.84. The fourth-order valence-corrected chi connectivity index (χ4v) is 2.45. The van der Waals surface area contributed by atoms with Gasteiger partial charge < -0.3 is 10.1 Å². The molecular weight excluding hydrogens is 246 g/mol. The molecule has 1 atom stereocenters. The second-order valence-electron chi connectivity index (χ2n) is 6.47. The van der Waals surface area contributed by atoms with Gasteiger partial charge in [0, 0.05) is 6.04 Å². The highest BCUT2D eigenvalue weighted by Gasteiger charge is 2.23. The Balaban J connectivity index is 2.67. The molecule has 1 N–H and O–H groups in total. The Bertz CT molecular complexity index is 381. The standard InChI is InChI=1S/C18H31NO/c1-6-14-20-16-11-9-8-10-15(16)12-13-17(19-7-2)18(3,4)5/h8-11,17,19H,6-7,12-14H2,1-5H3. The quantitative estimate of drug-likeness (QED) is 0.759. The summed E-state index contributed by atoms with van der Waals surface area (Å²) in [5.74, 6) is 1.05. The Morgan fingerprint density at radius 2 is 1.85 bits per heavy atom. The van der Waals surface area contributed by atoms with Crippen LogP contribution in [0.15, 0.2) is 24.3 Å². The average molecular weight is 277 g/mol. The molecule has 0 fully saturated rings. The normalized spacial score (nSPS) is 13.2. The molecule has 0 radical (unpaired) electrons. The molecule has 0 aromatic heterocycles. The Morgan fingerprint density at radius 3 is 2.45 bits per heavy atom. The summed E-state index contributed by atoms with van der Waals surface area (Å²) in [4.78, 5) is 0. The van der Waals surface area contributed by atoms with Gasteiger partial charge in [-0.2, -0.15) is 0 Å². The third kappa shape index (κ3) is 5.54. The van der Waals surface area contributed by atoms with Crippen LogP contribution in [-0.4, -0.2) is 19.2 Å². The predicted octanol–water partition coefficient (Wildman–Crippen LogP) is 4.43. The van der Waals surface area contributed by atoms with Crippen molar-refractivity contribution in [2.24, 2.45) is 5.41 Å². The van der Waals surface area contributed by atoms with Gasteiger partial charge in [0.2, 0.25) is 0 Å². The molecular formula is C18H31NO. The zero-order valence-electron chi connectivity index (χ0n) is 13.8. The molecule has 0 aliphatic rings. The van der Waals surface area contributed by atoms with Crippen LogP contribution in [0.25, 0.3) is 0 Å². The number of aryl methyl sites for hydroxylation is 1. The van der Waals surface area contributed by atoms with E-state index in [1.165, 1.54) is 5.56 Å². The summed E-state index contributed by atoms with van der Waals surface area (Å²) in [5, 5.41) is 3.61. The second kappa shape index (κ2) is 8.31. The molecule has 114 valence electrons. The first-order chi connectivity index (χ1) is 9.49. The van der Waals surface area contributed by atoms with E-state index >= 15 is 0 Å². The summed E-state index contributed by atoms with van der Waals surface area (Å²) >= 11 is 0. The van der Waals surface area contributed by atoms with Crippen LogP contribution >= 0.6 is 0 Å². The summed E-state index contributed by atoms with van der Waals surface area (Å²) in [6.45, 7) is 13.1. The summed E-state index contributed by atoms with van der Waals surface area (Å²) in [7, 11) is 0. The van der Waals surface area contributed by atoms with Crippen molar-refractivity contribution in [3.8, 4) is 5.75 Å². The minimum absolute atomic E-state index is 0.287. The number of rotatable bonds is 8. The van der Waals surface area contributed by atoms with Crippen LogP contribution in [0.5, 0.6) is 5.75 Å². The van der Waals surface area contributed by atoms with Crippen LogP contribution in [0.1, 0.15) is 53.0 Å². The van der Waals surface area contributed by atoms with Crippen molar-refractivity contribution in [3.63, 3.8) is 0 Å². The van der Waals surface area contributed by atoms with Gasteiger partial charge >= 0.3 is 0 Å². The van der Waals surface area contributed by atoms with Gasteiger partial charge in [0.25, 0.3) is 0 Å². The summed E-state index contributed by atoms with van der Waals surface area (Å²) in [5.41, 5.74) is 1.61. The molecule has 1 aromatic carbocycles. The molecule has 0 saturated carbocycles. The van der Waals surface area contributed by atoms with Crippen molar-refractivity contribution >= 4 is 0 Å². The monoisotopic (exact) mass is 277 g/mol. The van der Waals surface area contributed by atoms with E-state index in [1.807, 2.05) is 0 Å². The molecule has 1 rings (SSSR count). The highest BCUT2D eigenvalue weighted by molar-refractivity contribution is 5.33. The molecule has 0 amide bonds. The van der Waals surface area contributed by atoms with Crippen LogP contribution in [0.2, 0.25) is 0 Å². The lowest BCUT2D eigenvalue weighted by Gasteiger charge is -2.31. The minimum Gasteiger partial charge on any atom is -0.493 e.